The molecule has 1 heterocycles. The van der Waals surface area contributed by atoms with Crippen molar-refractivity contribution in [1.82, 2.24) is 15.1 Å². The highest BCUT2D eigenvalue weighted by Crippen LogP contribution is 2.20. The first-order chi connectivity index (χ1) is 10.1. The smallest absolute Gasteiger partial charge is 0.330 e. The fourth-order valence-corrected chi connectivity index (χ4v) is 2.20. The molecule has 4 nitrogen and oxygen atoms in total. The Morgan fingerprint density at radius 1 is 1.24 bits per heavy atom. The number of carbonyl (C=O) groups excluding carboxylic acids is 1. The van der Waals surface area contributed by atoms with Gasteiger partial charge in [-0.3, -0.25) is 5.10 Å². The first kappa shape index (κ1) is 13.4. The number of benzene rings is 2. The second-order valence-corrected chi connectivity index (χ2v) is 4.81. The molecule has 0 fully saturated rings. The summed E-state index contributed by atoms with van der Waals surface area (Å²) in [6.45, 7) is 1.83. The summed E-state index contributed by atoms with van der Waals surface area (Å²) in [5.41, 5.74) is 1.25. The fourth-order valence-electron chi connectivity index (χ4n) is 2.20. The predicted molar refractivity (Wildman–Crippen MR) is 75.0 cm³/mol. The molecule has 3 rings (SSSR count). The van der Waals surface area contributed by atoms with E-state index in [1.165, 1.54) is 0 Å². The highest BCUT2D eigenvalue weighted by atomic mass is 19.1. The quantitative estimate of drug-likeness (QED) is 0.744. The van der Waals surface area contributed by atoms with E-state index in [4.69, 9.17) is 0 Å². The predicted octanol–water partition coefficient (Wildman–Crippen LogP) is 3.57. The van der Waals surface area contributed by atoms with Crippen LogP contribution in [0.4, 0.5) is 13.6 Å². The summed E-state index contributed by atoms with van der Waals surface area (Å²) in [6.07, 6.45) is 0. The van der Waals surface area contributed by atoms with Crippen LogP contribution in [0.15, 0.2) is 42.5 Å². The highest BCUT2D eigenvalue weighted by Gasteiger charge is 2.18. The van der Waals surface area contributed by atoms with Gasteiger partial charge in [-0.1, -0.05) is 30.3 Å². The van der Waals surface area contributed by atoms with Crippen molar-refractivity contribution in [3.8, 4) is 0 Å². The second-order valence-electron chi connectivity index (χ2n) is 4.81. The minimum absolute atomic E-state index is 0.124. The van der Waals surface area contributed by atoms with Crippen LogP contribution in [0.3, 0.4) is 0 Å². The number of hydrogen-bond acceptors (Lipinski definition) is 1. The number of rotatable bonds is 2. The Balaban J connectivity index is 1.82. The van der Waals surface area contributed by atoms with Crippen LogP contribution in [0.2, 0.25) is 0 Å². The van der Waals surface area contributed by atoms with Crippen molar-refractivity contribution >= 4 is 17.1 Å². The number of nitrogens with zero attached hydrogens (tertiary/aromatic N) is 1. The van der Waals surface area contributed by atoms with Crippen molar-refractivity contribution in [3.63, 3.8) is 0 Å². The summed E-state index contributed by atoms with van der Waals surface area (Å²) in [6, 6.07) is 10.6. The van der Waals surface area contributed by atoms with Crippen molar-refractivity contribution in [2.75, 3.05) is 0 Å². The number of aromatic nitrogens is 2. The van der Waals surface area contributed by atoms with Crippen LogP contribution < -0.4 is 5.32 Å². The largest absolute Gasteiger partial charge is 0.341 e. The van der Waals surface area contributed by atoms with Crippen LogP contribution in [0, 0.1) is 11.6 Å². The van der Waals surface area contributed by atoms with Gasteiger partial charge in [0.1, 0.15) is 11.3 Å². The van der Waals surface area contributed by atoms with Gasteiger partial charge < -0.3 is 5.32 Å². The van der Waals surface area contributed by atoms with Crippen LogP contribution in [-0.2, 0) is 0 Å². The minimum Gasteiger partial charge on any atom is -0.330 e. The van der Waals surface area contributed by atoms with E-state index in [0.717, 1.165) is 22.4 Å². The molecule has 108 valence electrons. The molecule has 1 atom stereocenters. The molecule has 2 aromatic carbocycles. The van der Waals surface area contributed by atoms with Gasteiger partial charge in [0.15, 0.2) is 5.82 Å². The minimum atomic E-state index is -0.721. The Bertz CT molecular complexity index is 792. The third-order valence-corrected chi connectivity index (χ3v) is 3.34. The van der Waals surface area contributed by atoms with E-state index in [0.29, 0.717) is 0 Å². The number of nitrogens with one attached hydrogen (secondary N) is 2. The Morgan fingerprint density at radius 2 is 1.95 bits per heavy atom. The van der Waals surface area contributed by atoms with Crippen LogP contribution in [0.1, 0.15) is 18.5 Å². The Kier molecular flexibility index (Phi) is 3.21. The molecule has 0 saturated carbocycles. The number of aromatic amines is 1. The summed E-state index contributed by atoms with van der Waals surface area (Å²) in [4.78, 5) is 12.1. The van der Waals surface area contributed by atoms with Gasteiger partial charge in [-0.25, -0.2) is 18.3 Å². The van der Waals surface area contributed by atoms with Crippen LogP contribution in [0.5, 0.6) is 0 Å². The molecule has 0 unspecified atom stereocenters. The second kappa shape index (κ2) is 5.05. The topological polar surface area (TPSA) is 49.8 Å². The number of fused-ring (bicyclic) bond motifs is 1. The van der Waals surface area contributed by atoms with E-state index in [1.54, 1.807) is 0 Å². The third-order valence-electron chi connectivity index (χ3n) is 3.34. The summed E-state index contributed by atoms with van der Waals surface area (Å²) in [5, 5.41) is 5.31. The van der Waals surface area contributed by atoms with Gasteiger partial charge in [0.2, 0.25) is 0 Å². The van der Waals surface area contributed by atoms with Gasteiger partial charge in [0, 0.05) is 12.1 Å². The zero-order valence-electron chi connectivity index (χ0n) is 11.2. The standard InChI is InChI=1S/C15H13F2N3O/c1-9(10-5-3-2-4-6-10)18-15(21)20-13-8-11(16)7-12(17)14(13)19-20/h2-9,19H,1H3,(H,18,21)/t9-/m0/s1. The highest BCUT2D eigenvalue weighted by molar-refractivity contribution is 5.91. The first-order valence-electron chi connectivity index (χ1n) is 6.47. The van der Waals surface area contributed by atoms with Gasteiger partial charge in [0.05, 0.1) is 11.6 Å². The molecule has 2 N–H and O–H groups in total. The van der Waals surface area contributed by atoms with E-state index in [2.05, 4.69) is 10.4 Å². The molecular weight excluding hydrogens is 276 g/mol. The number of halogens is 2. The molecule has 0 radical (unpaired) electrons. The van der Waals surface area contributed by atoms with Crippen molar-refractivity contribution in [3.05, 3.63) is 59.7 Å². The lowest BCUT2D eigenvalue weighted by atomic mass is 10.1. The summed E-state index contributed by atoms with van der Waals surface area (Å²) in [7, 11) is 0. The average Bonchev–Trinajstić information content (AvgIpc) is 2.43. The van der Waals surface area contributed by atoms with Gasteiger partial charge in [-0.05, 0) is 12.5 Å². The number of hydrogen-bond donors (Lipinski definition) is 2. The van der Waals surface area contributed by atoms with Crippen LogP contribution in [0.25, 0.3) is 11.0 Å². The Hall–Kier alpha value is -2.63. The maximum absolute atomic E-state index is 13.4. The monoisotopic (exact) mass is 289 g/mol. The fraction of sp³-hybridized carbons (Fsp3) is 0.133. The third kappa shape index (κ3) is 2.40. The zero-order valence-corrected chi connectivity index (χ0v) is 11.2. The summed E-state index contributed by atoms with van der Waals surface area (Å²) < 4.78 is 27.7. The summed E-state index contributed by atoms with van der Waals surface area (Å²) in [5.74, 6) is -1.44. The first-order valence-corrected chi connectivity index (χ1v) is 6.47. The van der Waals surface area contributed by atoms with Crippen molar-refractivity contribution < 1.29 is 13.6 Å². The van der Waals surface area contributed by atoms with Crippen LogP contribution in [-0.4, -0.2) is 15.8 Å². The lowest BCUT2D eigenvalue weighted by Crippen LogP contribution is -2.34. The molecule has 0 aliphatic heterocycles. The molecule has 1 amide bonds. The van der Waals surface area contributed by atoms with Crippen molar-refractivity contribution in [1.29, 1.82) is 0 Å². The van der Waals surface area contributed by atoms with E-state index < -0.39 is 17.7 Å². The van der Waals surface area contributed by atoms with Gasteiger partial charge in [-0.2, -0.15) is 0 Å². The maximum Gasteiger partial charge on any atom is 0.341 e. The van der Waals surface area contributed by atoms with Crippen molar-refractivity contribution in [2.24, 2.45) is 0 Å². The van der Waals surface area contributed by atoms with Gasteiger partial charge in [0.25, 0.3) is 0 Å². The molecule has 6 heteroatoms. The molecule has 0 spiro atoms. The lowest BCUT2D eigenvalue weighted by molar-refractivity contribution is 0.236. The normalized spacial score (nSPS) is 12.5. The molecule has 0 aliphatic carbocycles. The van der Waals surface area contributed by atoms with Gasteiger partial charge >= 0.3 is 6.03 Å². The molecule has 0 saturated heterocycles. The SMILES string of the molecule is C[C@H](NC(=O)n1[nH]c2c(F)cc(F)cc21)c1ccccc1. The Morgan fingerprint density at radius 3 is 2.67 bits per heavy atom. The molecule has 1 aromatic heterocycles. The lowest BCUT2D eigenvalue weighted by Gasteiger charge is -2.19. The number of carbonyl (C=O) groups is 1. The number of H-pyrrole nitrogens is 1. The summed E-state index contributed by atoms with van der Waals surface area (Å²) >= 11 is 0. The molecule has 0 bridgehead atoms. The molecular formula is C15H13F2N3O. The van der Waals surface area contributed by atoms with Crippen LogP contribution >= 0.6 is 0 Å². The van der Waals surface area contributed by atoms with E-state index in [1.807, 2.05) is 37.3 Å². The van der Waals surface area contributed by atoms with Crippen molar-refractivity contribution in [2.45, 2.75) is 13.0 Å². The van der Waals surface area contributed by atoms with E-state index >= 15 is 0 Å². The molecule has 0 aliphatic rings. The average molecular weight is 289 g/mol. The van der Waals surface area contributed by atoms with Gasteiger partial charge in [-0.15, -0.1) is 0 Å². The van der Waals surface area contributed by atoms with E-state index in [9.17, 15) is 13.6 Å². The molecule has 21 heavy (non-hydrogen) atoms. The molecule has 3 aromatic rings. The zero-order chi connectivity index (χ0) is 15.0. The maximum atomic E-state index is 13.4. The van der Waals surface area contributed by atoms with E-state index in [-0.39, 0.29) is 17.1 Å². The number of amides is 1. The Labute approximate surface area is 119 Å².